The minimum absolute atomic E-state index is 0. The van der Waals surface area contributed by atoms with E-state index in [0.717, 1.165) is 19.3 Å². The Kier molecular flexibility index (Phi) is 3.58. The second-order valence-electron chi connectivity index (χ2n) is 6.85. The summed E-state index contributed by atoms with van der Waals surface area (Å²) in [4.78, 5) is 12.8. The number of ether oxygens (including phenoxy) is 2. The first-order valence-corrected chi connectivity index (χ1v) is 8.26. The SMILES string of the molecule is Cl.Nc1cc2c(cc1NC(=O)C1CC13CCc1ccccc13)OCO2. The molecule has 3 aliphatic rings. The maximum atomic E-state index is 12.8. The van der Waals surface area contributed by atoms with E-state index in [1.165, 1.54) is 11.1 Å². The Morgan fingerprint density at radius 2 is 1.96 bits per heavy atom. The number of hydrogen-bond donors (Lipinski definition) is 2. The largest absolute Gasteiger partial charge is 0.454 e. The molecular formula is C19H19ClN2O3. The lowest BCUT2D eigenvalue weighted by molar-refractivity contribution is -0.117. The van der Waals surface area contributed by atoms with Gasteiger partial charge in [-0.2, -0.15) is 0 Å². The highest BCUT2D eigenvalue weighted by atomic mass is 35.5. The molecule has 3 N–H and O–H groups in total. The molecule has 1 amide bonds. The molecular weight excluding hydrogens is 340 g/mol. The lowest BCUT2D eigenvalue weighted by atomic mass is 9.95. The number of benzene rings is 2. The molecule has 2 atom stereocenters. The van der Waals surface area contributed by atoms with Gasteiger partial charge in [0.05, 0.1) is 11.4 Å². The summed E-state index contributed by atoms with van der Waals surface area (Å²) in [5.41, 5.74) is 9.89. The lowest BCUT2D eigenvalue weighted by Crippen LogP contribution is -2.20. The van der Waals surface area contributed by atoms with Gasteiger partial charge in [0.2, 0.25) is 12.7 Å². The van der Waals surface area contributed by atoms with Crippen molar-refractivity contribution < 1.29 is 14.3 Å². The zero-order chi connectivity index (χ0) is 16.3. The van der Waals surface area contributed by atoms with Gasteiger partial charge < -0.3 is 20.5 Å². The van der Waals surface area contributed by atoms with Crippen LogP contribution in [-0.2, 0) is 16.6 Å². The van der Waals surface area contributed by atoms with Crippen molar-refractivity contribution in [3.05, 3.63) is 47.5 Å². The molecule has 0 aromatic heterocycles. The van der Waals surface area contributed by atoms with Crippen molar-refractivity contribution >= 4 is 29.7 Å². The average molecular weight is 359 g/mol. The standard InChI is InChI=1S/C19H18N2O3.ClH/c20-14-7-16-17(24-10-23-16)8-15(14)21-18(22)13-9-19(13)6-5-11-3-1-2-4-12(11)19;/h1-4,7-8,13H,5-6,9-10,20H2,(H,21,22);1H. The molecule has 1 heterocycles. The third-order valence-corrected chi connectivity index (χ3v) is 5.59. The van der Waals surface area contributed by atoms with Gasteiger partial charge in [-0.15, -0.1) is 12.4 Å². The number of halogens is 1. The first-order chi connectivity index (χ1) is 11.7. The number of fused-ring (bicyclic) bond motifs is 3. The highest BCUT2D eigenvalue weighted by Gasteiger charge is 2.61. The van der Waals surface area contributed by atoms with E-state index in [1.807, 2.05) is 0 Å². The van der Waals surface area contributed by atoms with Crippen LogP contribution in [0.5, 0.6) is 11.5 Å². The van der Waals surface area contributed by atoms with Gasteiger partial charge in [0, 0.05) is 23.5 Å². The van der Waals surface area contributed by atoms with Crippen molar-refractivity contribution in [3.63, 3.8) is 0 Å². The van der Waals surface area contributed by atoms with Crippen LogP contribution >= 0.6 is 12.4 Å². The summed E-state index contributed by atoms with van der Waals surface area (Å²) in [5, 5.41) is 2.98. The van der Waals surface area contributed by atoms with Gasteiger partial charge in [0.1, 0.15) is 0 Å². The Hall–Kier alpha value is -2.40. The molecule has 25 heavy (non-hydrogen) atoms. The number of carbonyl (C=O) groups is 1. The maximum absolute atomic E-state index is 12.8. The molecule has 2 aromatic rings. The molecule has 5 rings (SSSR count). The monoisotopic (exact) mass is 358 g/mol. The predicted molar refractivity (Wildman–Crippen MR) is 97.4 cm³/mol. The number of rotatable bonds is 2. The predicted octanol–water partition coefficient (Wildman–Crippen LogP) is 3.26. The van der Waals surface area contributed by atoms with Crippen molar-refractivity contribution in [1.82, 2.24) is 0 Å². The summed E-state index contributed by atoms with van der Waals surface area (Å²) in [6, 6.07) is 11.9. The third-order valence-electron chi connectivity index (χ3n) is 5.59. The number of nitrogen functional groups attached to an aromatic ring is 1. The molecule has 2 aliphatic carbocycles. The number of nitrogens with two attached hydrogens (primary N) is 1. The Balaban J connectivity index is 0.00000157. The zero-order valence-corrected chi connectivity index (χ0v) is 14.4. The highest BCUT2D eigenvalue weighted by molar-refractivity contribution is 5.99. The Morgan fingerprint density at radius 1 is 1.20 bits per heavy atom. The first-order valence-electron chi connectivity index (χ1n) is 8.26. The summed E-state index contributed by atoms with van der Waals surface area (Å²) in [6.45, 7) is 0.189. The molecule has 6 heteroatoms. The quantitative estimate of drug-likeness (QED) is 0.808. The maximum Gasteiger partial charge on any atom is 0.231 e. The molecule has 5 nitrogen and oxygen atoms in total. The fourth-order valence-electron chi connectivity index (χ4n) is 4.23. The molecule has 1 fully saturated rings. The van der Waals surface area contributed by atoms with E-state index >= 15 is 0 Å². The number of nitrogens with one attached hydrogen (secondary N) is 1. The first kappa shape index (κ1) is 16.1. The van der Waals surface area contributed by atoms with Crippen LogP contribution in [0.3, 0.4) is 0 Å². The summed E-state index contributed by atoms with van der Waals surface area (Å²) in [5.74, 6) is 1.30. The van der Waals surface area contributed by atoms with Crippen LogP contribution < -0.4 is 20.5 Å². The minimum atomic E-state index is 0. The van der Waals surface area contributed by atoms with Gasteiger partial charge >= 0.3 is 0 Å². The number of aryl methyl sites for hydroxylation is 1. The smallest absolute Gasteiger partial charge is 0.231 e. The summed E-state index contributed by atoms with van der Waals surface area (Å²) < 4.78 is 10.7. The molecule has 0 saturated heterocycles. The molecule has 2 aromatic carbocycles. The Bertz CT molecular complexity index is 870. The van der Waals surface area contributed by atoms with Crippen molar-refractivity contribution in [3.8, 4) is 11.5 Å². The molecule has 130 valence electrons. The summed E-state index contributed by atoms with van der Waals surface area (Å²) in [6.07, 6.45) is 3.04. The fourth-order valence-corrected chi connectivity index (χ4v) is 4.23. The highest BCUT2D eigenvalue weighted by Crippen LogP contribution is 2.61. The summed E-state index contributed by atoms with van der Waals surface area (Å²) in [7, 11) is 0. The average Bonchev–Trinajstić information content (AvgIpc) is 2.95. The van der Waals surface area contributed by atoms with Crippen molar-refractivity contribution in [1.29, 1.82) is 0 Å². The van der Waals surface area contributed by atoms with Crippen molar-refractivity contribution in [2.24, 2.45) is 5.92 Å². The fraction of sp³-hybridized carbons (Fsp3) is 0.316. The van der Waals surface area contributed by atoms with Crippen LogP contribution in [0.4, 0.5) is 11.4 Å². The van der Waals surface area contributed by atoms with Gasteiger partial charge in [0.15, 0.2) is 11.5 Å². The van der Waals surface area contributed by atoms with E-state index in [2.05, 4.69) is 29.6 Å². The molecule has 0 radical (unpaired) electrons. The van der Waals surface area contributed by atoms with Crippen molar-refractivity contribution in [2.45, 2.75) is 24.7 Å². The molecule has 1 spiro atoms. The number of carbonyl (C=O) groups excluding carboxylic acids is 1. The summed E-state index contributed by atoms with van der Waals surface area (Å²) >= 11 is 0. The zero-order valence-electron chi connectivity index (χ0n) is 13.6. The van der Waals surface area contributed by atoms with Crippen LogP contribution in [0.25, 0.3) is 0 Å². The number of anilines is 2. The van der Waals surface area contributed by atoms with Gasteiger partial charge in [-0.05, 0) is 30.4 Å². The van der Waals surface area contributed by atoms with E-state index in [4.69, 9.17) is 15.2 Å². The molecule has 1 aliphatic heterocycles. The molecule has 1 saturated carbocycles. The van der Waals surface area contributed by atoms with Crippen LogP contribution in [0.15, 0.2) is 36.4 Å². The van der Waals surface area contributed by atoms with Crippen LogP contribution in [-0.4, -0.2) is 12.7 Å². The second-order valence-corrected chi connectivity index (χ2v) is 6.85. The number of hydrogen-bond acceptors (Lipinski definition) is 4. The van der Waals surface area contributed by atoms with Crippen LogP contribution in [0.1, 0.15) is 24.0 Å². The van der Waals surface area contributed by atoms with E-state index in [-0.39, 0.29) is 36.4 Å². The molecule has 2 unspecified atom stereocenters. The van der Waals surface area contributed by atoms with Gasteiger partial charge in [-0.25, -0.2) is 0 Å². The topological polar surface area (TPSA) is 73.6 Å². The van der Waals surface area contributed by atoms with E-state index in [0.29, 0.717) is 22.9 Å². The Labute approximate surface area is 151 Å². The third kappa shape index (κ3) is 2.34. The normalized spacial score (nSPS) is 24.6. The van der Waals surface area contributed by atoms with Gasteiger partial charge in [0.25, 0.3) is 0 Å². The van der Waals surface area contributed by atoms with Crippen LogP contribution in [0, 0.1) is 5.92 Å². The van der Waals surface area contributed by atoms with E-state index < -0.39 is 0 Å². The van der Waals surface area contributed by atoms with Gasteiger partial charge in [-0.1, -0.05) is 24.3 Å². The second kappa shape index (κ2) is 5.56. The number of amides is 1. The van der Waals surface area contributed by atoms with Gasteiger partial charge in [-0.3, -0.25) is 4.79 Å². The van der Waals surface area contributed by atoms with Crippen LogP contribution in [0.2, 0.25) is 0 Å². The lowest BCUT2D eigenvalue weighted by Gasteiger charge is -2.13. The van der Waals surface area contributed by atoms with E-state index in [9.17, 15) is 4.79 Å². The van der Waals surface area contributed by atoms with E-state index in [1.54, 1.807) is 12.1 Å². The van der Waals surface area contributed by atoms with Crippen molar-refractivity contribution in [2.75, 3.05) is 17.8 Å². The minimum Gasteiger partial charge on any atom is -0.454 e. The molecule has 0 bridgehead atoms. The Morgan fingerprint density at radius 3 is 2.80 bits per heavy atom.